The average molecular weight is 351 g/mol. The minimum absolute atomic E-state index is 0.0788. The summed E-state index contributed by atoms with van der Waals surface area (Å²) < 4.78 is 4.44. The van der Waals surface area contributed by atoms with Gasteiger partial charge in [-0.1, -0.05) is 5.92 Å². The Hall–Kier alpha value is -2.95. The molecular formula is C17H9N3O2S2. The number of carboxylic acid groups (broad SMARTS) is 1. The molecule has 1 N–H and O–H groups in total. The Morgan fingerprint density at radius 3 is 2.62 bits per heavy atom. The van der Waals surface area contributed by atoms with Crippen molar-refractivity contribution >= 4 is 34.3 Å². The van der Waals surface area contributed by atoms with Gasteiger partial charge in [-0.15, -0.1) is 29.1 Å². The number of carbonyl (C=O) groups is 1. The first-order chi connectivity index (χ1) is 11.7. The van der Waals surface area contributed by atoms with E-state index in [0.717, 1.165) is 0 Å². The van der Waals surface area contributed by atoms with Gasteiger partial charge in [0.05, 0.1) is 11.1 Å². The molecule has 3 aromatic rings. The number of thiophene rings is 2. The van der Waals surface area contributed by atoms with Crippen LogP contribution in [0.15, 0.2) is 42.0 Å². The highest BCUT2D eigenvalue weighted by Crippen LogP contribution is 2.30. The molecule has 5 rings (SSSR count). The molecule has 0 aromatic carbocycles. The van der Waals surface area contributed by atoms with Crippen molar-refractivity contribution in [3.05, 3.63) is 62.2 Å². The lowest BCUT2D eigenvalue weighted by atomic mass is 10.1. The van der Waals surface area contributed by atoms with Gasteiger partial charge in [-0.2, -0.15) is 5.10 Å². The van der Waals surface area contributed by atoms with Crippen LogP contribution >= 0.6 is 22.7 Å². The summed E-state index contributed by atoms with van der Waals surface area (Å²) in [6.07, 6.45) is 8.42. The van der Waals surface area contributed by atoms with Crippen molar-refractivity contribution in [3.8, 4) is 22.9 Å². The van der Waals surface area contributed by atoms with Gasteiger partial charge in [0, 0.05) is 26.9 Å². The van der Waals surface area contributed by atoms with E-state index in [4.69, 9.17) is 6.42 Å². The number of rotatable bonds is 2. The van der Waals surface area contributed by atoms with Crippen molar-refractivity contribution in [2.24, 2.45) is 0 Å². The zero-order valence-electron chi connectivity index (χ0n) is 12.1. The van der Waals surface area contributed by atoms with Crippen LogP contribution in [0.5, 0.6) is 0 Å². The van der Waals surface area contributed by atoms with Crippen LogP contribution in [0.25, 0.3) is 16.2 Å². The van der Waals surface area contributed by atoms with Gasteiger partial charge in [0.25, 0.3) is 0 Å². The van der Waals surface area contributed by atoms with Gasteiger partial charge in [-0.05, 0) is 23.6 Å². The van der Waals surface area contributed by atoms with Crippen molar-refractivity contribution in [3.63, 3.8) is 0 Å². The Morgan fingerprint density at radius 2 is 2.04 bits per heavy atom. The number of aromatic nitrogens is 3. The summed E-state index contributed by atoms with van der Waals surface area (Å²) in [4.78, 5) is 16.4. The fraction of sp³-hybridized carbons (Fsp3) is 0. The molecule has 4 heterocycles. The third-order valence-electron chi connectivity index (χ3n) is 3.46. The maximum atomic E-state index is 11.4. The maximum Gasteiger partial charge on any atom is 0.339 e. The second-order valence-corrected chi connectivity index (χ2v) is 6.91. The number of carboxylic acids is 1. The summed E-state index contributed by atoms with van der Waals surface area (Å²) in [5, 5.41) is 15.1. The predicted octanol–water partition coefficient (Wildman–Crippen LogP) is 3.49. The van der Waals surface area contributed by atoms with Crippen LogP contribution < -0.4 is 0 Å². The van der Waals surface area contributed by atoms with Gasteiger partial charge in [0.1, 0.15) is 11.3 Å². The maximum absolute atomic E-state index is 11.4. The number of terminal acetylenes is 1. The largest absolute Gasteiger partial charge is 0.478 e. The highest BCUT2D eigenvalue weighted by molar-refractivity contribution is 7.14. The Morgan fingerprint density at radius 1 is 1.25 bits per heavy atom. The van der Waals surface area contributed by atoms with Gasteiger partial charge in [-0.25, -0.2) is 14.3 Å². The zero-order valence-corrected chi connectivity index (χ0v) is 13.8. The van der Waals surface area contributed by atoms with Gasteiger partial charge >= 0.3 is 5.97 Å². The van der Waals surface area contributed by atoms with Crippen molar-refractivity contribution in [1.82, 2.24) is 14.6 Å². The van der Waals surface area contributed by atoms with Gasteiger partial charge in [-0.3, -0.25) is 0 Å². The van der Waals surface area contributed by atoms with Crippen LogP contribution in [0, 0.1) is 21.4 Å². The Kier molecular flexibility index (Phi) is 3.41. The first kappa shape index (κ1) is 14.6. The SMILES string of the molecule is C#Cc1ccsc1-c1nc2ccnn2cc1C(=O)O.c1cc2sc1=2. The van der Waals surface area contributed by atoms with Crippen molar-refractivity contribution in [1.29, 1.82) is 0 Å². The van der Waals surface area contributed by atoms with Crippen LogP contribution in [0.2, 0.25) is 0 Å². The Labute approximate surface area is 144 Å². The van der Waals surface area contributed by atoms with E-state index >= 15 is 0 Å². The topological polar surface area (TPSA) is 67.5 Å². The van der Waals surface area contributed by atoms with Gasteiger partial charge < -0.3 is 5.11 Å². The number of hydrogen-bond donors (Lipinski definition) is 1. The second kappa shape index (κ2) is 5.60. The van der Waals surface area contributed by atoms with E-state index < -0.39 is 5.97 Å². The second-order valence-electron chi connectivity index (χ2n) is 4.91. The molecule has 0 fully saturated rings. The molecule has 0 bridgehead atoms. The first-order valence-corrected chi connectivity index (χ1v) is 8.59. The number of aromatic carboxylic acids is 1. The number of nitrogens with zero attached hydrogens (tertiary/aromatic N) is 3. The fourth-order valence-electron chi connectivity index (χ4n) is 2.17. The molecule has 0 amide bonds. The van der Waals surface area contributed by atoms with Crippen LogP contribution in [0.3, 0.4) is 0 Å². The molecule has 3 aromatic heterocycles. The molecule has 0 saturated carbocycles. The highest BCUT2D eigenvalue weighted by atomic mass is 32.1. The lowest BCUT2D eigenvalue weighted by Crippen LogP contribution is -2.05. The van der Waals surface area contributed by atoms with Crippen molar-refractivity contribution in [2.45, 2.75) is 0 Å². The molecule has 0 radical (unpaired) electrons. The molecule has 7 heteroatoms. The minimum Gasteiger partial charge on any atom is -0.478 e. The molecule has 2 aliphatic rings. The minimum atomic E-state index is -1.06. The van der Waals surface area contributed by atoms with Crippen LogP contribution in [-0.2, 0) is 0 Å². The zero-order chi connectivity index (χ0) is 16.7. The van der Waals surface area contributed by atoms with E-state index in [0.29, 0.717) is 21.8 Å². The van der Waals surface area contributed by atoms with Crippen LogP contribution in [0.1, 0.15) is 15.9 Å². The molecule has 5 nitrogen and oxygen atoms in total. The smallest absolute Gasteiger partial charge is 0.339 e. The number of hydrogen-bond acceptors (Lipinski definition) is 5. The third-order valence-corrected chi connectivity index (χ3v) is 5.32. The fourth-order valence-corrected chi connectivity index (χ4v) is 3.63. The highest BCUT2D eigenvalue weighted by Gasteiger charge is 2.18. The van der Waals surface area contributed by atoms with E-state index in [1.54, 1.807) is 18.3 Å². The quantitative estimate of drug-likeness (QED) is 0.494. The first-order valence-electron chi connectivity index (χ1n) is 6.90. The van der Waals surface area contributed by atoms with E-state index in [-0.39, 0.29) is 5.56 Å². The molecule has 0 saturated heterocycles. The van der Waals surface area contributed by atoms with E-state index in [1.165, 1.54) is 31.1 Å². The average Bonchev–Trinajstić information content (AvgIpc) is 2.99. The lowest BCUT2D eigenvalue weighted by Gasteiger charge is -2.05. The van der Waals surface area contributed by atoms with Gasteiger partial charge in [0.2, 0.25) is 0 Å². The monoisotopic (exact) mass is 351 g/mol. The number of fused-ring (bicyclic) bond motifs is 1. The summed E-state index contributed by atoms with van der Waals surface area (Å²) in [7, 11) is 0. The summed E-state index contributed by atoms with van der Waals surface area (Å²) in [5.41, 5.74) is 1.68. The predicted molar refractivity (Wildman–Crippen MR) is 93.2 cm³/mol. The van der Waals surface area contributed by atoms with E-state index in [9.17, 15) is 9.90 Å². The lowest BCUT2D eigenvalue weighted by molar-refractivity contribution is 0.0696. The summed E-state index contributed by atoms with van der Waals surface area (Å²) in [6, 6.07) is 7.76. The Bertz CT molecular complexity index is 1190. The Balaban J connectivity index is 0.000000244. The molecule has 0 unspecified atom stereocenters. The van der Waals surface area contributed by atoms with E-state index in [1.807, 2.05) is 16.7 Å². The van der Waals surface area contributed by atoms with Crippen LogP contribution in [0.4, 0.5) is 0 Å². The third kappa shape index (κ3) is 2.48. The molecule has 1 aliphatic carbocycles. The van der Waals surface area contributed by atoms with Crippen LogP contribution in [-0.4, -0.2) is 25.7 Å². The normalized spacial score (nSPS) is 10.8. The summed E-state index contributed by atoms with van der Waals surface area (Å²) >= 11 is 3.25. The van der Waals surface area contributed by atoms with Crippen molar-refractivity contribution in [2.75, 3.05) is 0 Å². The molecule has 1 aliphatic heterocycles. The molecule has 24 heavy (non-hydrogen) atoms. The van der Waals surface area contributed by atoms with E-state index in [2.05, 4.69) is 28.1 Å². The molecule has 0 spiro atoms. The standard InChI is InChI=1S/C13H7N3O2S.C4H2S/c1-2-8-4-6-19-12(8)11-9(13(17)18)7-16-10(15-11)3-5-14-16;1-2-4-3(1)5-4/h1,3-7H,(H,17,18);1-2H. The molecular weight excluding hydrogens is 342 g/mol. The van der Waals surface area contributed by atoms with Crippen molar-refractivity contribution < 1.29 is 9.90 Å². The summed E-state index contributed by atoms with van der Waals surface area (Å²) in [6.45, 7) is 0. The molecule has 116 valence electrons. The van der Waals surface area contributed by atoms with Gasteiger partial charge in [0.15, 0.2) is 5.65 Å². The molecule has 0 atom stereocenters. The summed E-state index contributed by atoms with van der Waals surface area (Å²) in [5.74, 6) is 1.48.